The van der Waals surface area contributed by atoms with E-state index >= 15 is 0 Å². The van der Waals surface area contributed by atoms with Gasteiger partial charge in [-0.2, -0.15) is 10.1 Å². The highest BCUT2D eigenvalue weighted by atomic mass is 35.5. The van der Waals surface area contributed by atoms with E-state index in [0.29, 0.717) is 52.8 Å². The summed E-state index contributed by atoms with van der Waals surface area (Å²) in [5.41, 5.74) is 3.99. The van der Waals surface area contributed by atoms with Gasteiger partial charge in [0.05, 0.1) is 34.5 Å². The molecule has 3 aliphatic heterocycles. The summed E-state index contributed by atoms with van der Waals surface area (Å²) in [7, 11) is 5.11. The molecule has 0 saturated carbocycles. The Kier molecular flexibility index (Phi) is 11.0. The second-order valence-electron chi connectivity index (χ2n) is 15.5. The molecule has 3 N–H and O–H groups in total. The Morgan fingerprint density at radius 1 is 1.02 bits per heavy atom. The van der Waals surface area contributed by atoms with Crippen LogP contribution in [-0.2, 0) is 28.5 Å². The van der Waals surface area contributed by atoms with E-state index in [4.69, 9.17) is 26.4 Å². The fourth-order valence-electron chi connectivity index (χ4n) is 8.53. The molecule has 0 radical (unpaired) electrons. The van der Waals surface area contributed by atoms with Crippen molar-refractivity contribution in [1.29, 1.82) is 0 Å². The highest BCUT2D eigenvalue weighted by Crippen LogP contribution is 2.36. The molecule has 16 nitrogen and oxygen atoms in total. The number of hydrogen-bond acceptors (Lipinski definition) is 12. The lowest BCUT2D eigenvalue weighted by molar-refractivity contribution is -0.134. The molecule has 3 aromatic heterocycles. The minimum Gasteiger partial charge on any atom is -0.478 e. The Balaban J connectivity index is 0.884. The lowest BCUT2D eigenvalue weighted by Gasteiger charge is -2.43. The van der Waals surface area contributed by atoms with Crippen LogP contribution in [0, 0.1) is 5.92 Å². The second kappa shape index (κ2) is 16.3. The Bertz CT molecular complexity index is 2460. The van der Waals surface area contributed by atoms with Gasteiger partial charge in [-0.05, 0) is 62.4 Å². The maximum atomic E-state index is 12.8. The van der Waals surface area contributed by atoms with E-state index in [9.17, 15) is 19.2 Å². The van der Waals surface area contributed by atoms with Crippen molar-refractivity contribution in [2.45, 2.75) is 44.6 Å². The zero-order valence-electron chi connectivity index (χ0n) is 33.1. The van der Waals surface area contributed by atoms with Crippen LogP contribution in [0.25, 0.3) is 21.8 Å². The van der Waals surface area contributed by atoms with Crippen LogP contribution in [-0.4, -0.2) is 106 Å². The van der Waals surface area contributed by atoms with Gasteiger partial charge in [0.25, 0.3) is 11.5 Å². The third kappa shape index (κ3) is 7.77. The van der Waals surface area contributed by atoms with Gasteiger partial charge >= 0.3 is 0 Å². The minimum absolute atomic E-state index is 0.0823. The summed E-state index contributed by atoms with van der Waals surface area (Å²) in [5.74, 6) is 0.481. The minimum atomic E-state index is -0.426. The summed E-state index contributed by atoms with van der Waals surface area (Å²) in [5, 5.41) is 15.2. The molecule has 3 amide bonds. The molecule has 0 bridgehead atoms. The first-order valence-electron chi connectivity index (χ1n) is 19.8. The molecule has 17 heteroatoms. The van der Waals surface area contributed by atoms with Crippen molar-refractivity contribution in [1.82, 2.24) is 39.8 Å². The number of piperazine rings is 1. The number of aryl methyl sites for hydroxylation is 2. The Hall–Kier alpha value is -5.74. The van der Waals surface area contributed by atoms with Crippen LogP contribution >= 0.6 is 11.6 Å². The Labute approximate surface area is 340 Å². The van der Waals surface area contributed by atoms with Gasteiger partial charge < -0.3 is 29.7 Å². The van der Waals surface area contributed by atoms with Crippen LogP contribution < -0.4 is 36.0 Å². The van der Waals surface area contributed by atoms with Crippen molar-refractivity contribution >= 4 is 74.3 Å². The Morgan fingerprint density at radius 3 is 2.59 bits per heavy atom. The number of nitrogens with one attached hydrogen (secondary N) is 3. The molecule has 3 saturated heterocycles. The molecule has 0 aliphatic carbocycles. The van der Waals surface area contributed by atoms with Crippen LogP contribution in [0.15, 0.2) is 53.5 Å². The quantitative estimate of drug-likeness (QED) is 0.175. The molecule has 5 aromatic rings. The van der Waals surface area contributed by atoms with Gasteiger partial charge in [-0.15, -0.1) is 0 Å². The summed E-state index contributed by atoms with van der Waals surface area (Å²) < 4.78 is 8.90. The number of imide groups is 1. The first-order valence-corrected chi connectivity index (χ1v) is 20.1. The van der Waals surface area contributed by atoms with Crippen LogP contribution in [0.4, 0.5) is 23.1 Å². The standard InChI is InChI=1S/C41H48ClN11O5/c1-24-21-53(41-44-20-30(42)38(47-41)45-27-8-10-31-26(18-27)19-33(40(57)49(31)3)58-23-35(55)43-2)17-16-52(24)22-25-12-14-51(15-13-25)32-7-5-6-28-36(48-50(4)37(28)32)29-9-11-34(54)46-39(29)56/h5-8,10,18-20,24-25,29H,9,11-17,21-23H2,1-4H3,(H,43,55)(H,44,45,47)(H,46,54,56)/t24-,29?/m1/s1. The number of carbonyl (C=O) groups excluding carboxylic acids is 3. The number of benzene rings is 2. The number of pyridine rings is 1. The van der Waals surface area contributed by atoms with Gasteiger partial charge in [0, 0.05) is 89.3 Å². The molecule has 2 atom stereocenters. The summed E-state index contributed by atoms with van der Waals surface area (Å²) in [6, 6.07) is 13.7. The molecule has 3 aliphatic rings. The number of piperidine rings is 2. The number of hydrogen-bond donors (Lipinski definition) is 3. The monoisotopic (exact) mass is 809 g/mol. The van der Waals surface area contributed by atoms with Crippen molar-refractivity contribution in [3.05, 3.63) is 69.7 Å². The fraction of sp³-hybridized carbons (Fsp3) is 0.439. The number of likely N-dealkylation sites (N-methyl/N-ethyl adjacent to an activating group) is 1. The summed E-state index contributed by atoms with van der Waals surface area (Å²) in [6.45, 7) is 7.35. The number of nitrogens with zero attached hydrogens (tertiary/aromatic N) is 8. The van der Waals surface area contributed by atoms with E-state index in [-0.39, 0.29) is 35.6 Å². The van der Waals surface area contributed by atoms with E-state index in [1.165, 1.54) is 11.6 Å². The summed E-state index contributed by atoms with van der Waals surface area (Å²) >= 11 is 6.60. The van der Waals surface area contributed by atoms with Gasteiger partial charge in [0.2, 0.25) is 17.8 Å². The number of amides is 3. The number of carbonyl (C=O) groups is 3. The van der Waals surface area contributed by atoms with E-state index in [2.05, 4.69) is 48.6 Å². The zero-order chi connectivity index (χ0) is 40.7. The SMILES string of the molecule is CNC(=O)COc1cc2cc(Nc3nc(N4CCN(CC5CCN(c6cccc7c(C8CCC(=O)NC8=O)nn(C)c67)CC5)[C@H](C)C4)ncc3Cl)ccc2n(C)c1=O. The number of halogens is 1. The van der Waals surface area contributed by atoms with Gasteiger partial charge in [-0.1, -0.05) is 23.7 Å². The van der Waals surface area contributed by atoms with Crippen molar-refractivity contribution in [3.63, 3.8) is 0 Å². The van der Waals surface area contributed by atoms with Gasteiger partial charge in [-0.25, -0.2) is 4.98 Å². The van der Waals surface area contributed by atoms with Crippen LogP contribution in [0.1, 0.15) is 44.2 Å². The molecule has 304 valence electrons. The first-order chi connectivity index (χ1) is 28.0. The maximum absolute atomic E-state index is 12.8. The van der Waals surface area contributed by atoms with E-state index in [0.717, 1.165) is 79.8 Å². The smallest absolute Gasteiger partial charge is 0.293 e. The zero-order valence-corrected chi connectivity index (χ0v) is 33.9. The number of ether oxygens (including phenoxy) is 1. The molecular formula is C41H48ClN11O5. The first kappa shape index (κ1) is 39.1. The molecule has 0 spiro atoms. The highest BCUT2D eigenvalue weighted by Gasteiger charge is 2.33. The average molecular weight is 810 g/mol. The summed E-state index contributed by atoms with van der Waals surface area (Å²) in [6.07, 6.45) is 4.57. The normalized spacial score (nSPS) is 19.5. The third-order valence-electron chi connectivity index (χ3n) is 11.8. The molecule has 8 rings (SSSR count). The fourth-order valence-corrected chi connectivity index (χ4v) is 8.67. The van der Waals surface area contributed by atoms with Crippen molar-refractivity contribution in [2.75, 3.05) is 68.0 Å². The van der Waals surface area contributed by atoms with Crippen LogP contribution in [0.5, 0.6) is 5.75 Å². The number of anilines is 4. The highest BCUT2D eigenvalue weighted by molar-refractivity contribution is 6.33. The predicted octanol–water partition coefficient (Wildman–Crippen LogP) is 3.68. The van der Waals surface area contributed by atoms with Gasteiger partial charge in [0.15, 0.2) is 18.2 Å². The molecule has 3 fully saturated rings. The number of rotatable bonds is 10. The molecular weight excluding hydrogens is 762 g/mol. The number of para-hydroxylation sites is 1. The third-order valence-corrected chi connectivity index (χ3v) is 12.0. The molecule has 58 heavy (non-hydrogen) atoms. The van der Waals surface area contributed by atoms with Crippen LogP contribution in [0.3, 0.4) is 0 Å². The largest absolute Gasteiger partial charge is 0.478 e. The lowest BCUT2D eigenvalue weighted by Crippen LogP contribution is -2.54. The Morgan fingerprint density at radius 2 is 1.83 bits per heavy atom. The molecule has 6 heterocycles. The molecule has 1 unspecified atom stereocenters. The predicted molar refractivity (Wildman–Crippen MR) is 223 cm³/mol. The summed E-state index contributed by atoms with van der Waals surface area (Å²) in [4.78, 5) is 65.7. The second-order valence-corrected chi connectivity index (χ2v) is 15.9. The number of fused-ring (bicyclic) bond motifs is 2. The van der Waals surface area contributed by atoms with Crippen molar-refractivity contribution in [3.8, 4) is 5.75 Å². The van der Waals surface area contributed by atoms with Crippen molar-refractivity contribution in [2.24, 2.45) is 20.0 Å². The van der Waals surface area contributed by atoms with E-state index < -0.39 is 5.92 Å². The number of aromatic nitrogens is 5. The maximum Gasteiger partial charge on any atom is 0.293 e. The van der Waals surface area contributed by atoms with Crippen LogP contribution in [0.2, 0.25) is 5.02 Å². The lowest BCUT2D eigenvalue weighted by atomic mass is 9.92. The van der Waals surface area contributed by atoms with Gasteiger partial charge in [0.1, 0.15) is 5.02 Å². The average Bonchev–Trinajstić information content (AvgIpc) is 3.56. The van der Waals surface area contributed by atoms with Crippen molar-refractivity contribution < 1.29 is 19.1 Å². The van der Waals surface area contributed by atoms with E-state index in [1.807, 2.05) is 42.1 Å². The van der Waals surface area contributed by atoms with E-state index in [1.54, 1.807) is 19.3 Å². The molecule has 2 aromatic carbocycles. The van der Waals surface area contributed by atoms with Gasteiger partial charge in [-0.3, -0.25) is 34.1 Å². The topological polar surface area (TPSA) is 172 Å².